The van der Waals surface area contributed by atoms with Crippen molar-refractivity contribution < 1.29 is 0 Å². The number of hydrogen-bond acceptors (Lipinski definition) is 1. The Labute approximate surface area is 151 Å². The van der Waals surface area contributed by atoms with Crippen molar-refractivity contribution in [1.29, 1.82) is 0 Å². The molecule has 0 fully saturated rings. The van der Waals surface area contributed by atoms with Crippen LogP contribution in [0, 0.1) is 0 Å². The van der Waals surface area contributed by atoms with Crippen LogP contribution in [0.4, 0.5) is 0 Å². The van der Waals surface area contributed by atoms with E-state index < -0.39 is 0 Å². The van der Waals surface area contributed by atoms with E-state index in [2.05, 4.69) is 115 Å². The smallest absolute Gasteiger partial charge is 0.0260 e. The van der Waals surface area contributed by atoms with Crippen LogP contribution in [-0.4, -0.2) is 10.9 Å². The first-order valence-electron chi connectivity index (χ1n) is 8.86. The number of rotatable bonds is 7. The highest BCUT2D eigenvalue weighted by atomic mass is 15.1. The second-order valence-electron chi connectivity index (χ2n) is 6.39. The molecule has 3 aromatic carbocycles. The van der Waals surface area contributed by atoms with Gasteiger partial charge in [0.1, 0.15) is 0 Å². The number of hydrogen-bond donors (Lipinski definition) is 0. The third kappa shape index (κ3) is 5.44. The summed E-state index contributed by atoms with van der Waals surface area (Å²) in [6.45, 7) is 4.15. The van der Waals surface area contributed by atoms with E-state index in [1.165, 1.54) is 16.7 Å². The molecular weight excluding hydrogens is 302 g/mol. The first kappa shape index (κ1) is 17.2. The average Bonchev–Trinajstić information content (AvgIpc) is 2.68. The Morgan fingerprint density at radius 2 is 1.12 bits per heavy atom. The maximum atomic E-state index is 2.50. The molecule has 3 aromatic rings. The van der Waals surface area contributed by atoms with Crippen molar-refractivity contribution in [2.24, 2.45) is 0 Å². The summed E-state index contributed by atoms with van der Waals surface area (Å²) in [6.07, 6.45) is 4.51. The van der Waals surface area contributed by atoms with Crippen LogP contribution in [0.5, 0.6) is 0 Å². The molecule has 0 amide bonds. The summed E-state index contributed by atoms with van der Waals surface area (Å²) >= 11 is 0. The zero-order valence-corrected chi connectivity index (χ0v) is 14.8. The lowest BCUT2D eigenvalue weighted by Gasteiger charge is -2.27. The normalized spacial score (nSPS) is 12.6. The molecule has 1 atom stereocenters. The lowest BCUT2D eigenvalue weighted by Crippen LogP contribution is -2.30. The standard InChI is InChI=1S/C24H25N/c1-21(17-18-22-11-5-2-6-12-22)25(19-23-13-7-3-8-14-23)20-24-15-9-4-10-16-24/h2-18,21H,19-20H2,1H3/b18-17-/t21-/m0/s1. The molecule has 0 heterocycles. The largest absolute Gasteiger partial charge is 0.289 e. The van der Waals surface area contributed by atoms with Gasteiger partial charge in [-0.25, -0.2) is 0 Å². The van der Waals surface area contributed by atoms with Gasteiger partial charge in [-0.15, -0.1) is 0 Å². The molecule has 0 aliphatic carbocycles. The van der Waals surface area contributed by atoms with E-state index in [0.717, 1.165) is 13.1 Å². The van der Waals surface area contributed by atoms with Crippen molar-refractivity contribution in [3.63, 3.8) is 0 Å². The second kappa shape index (κ2) is 9.00. The molecule has 1 nitrogen and oxygen atoms in total. The van der Waals surface area contributed by atoms with Crippen LogP contribution in [0.15, 0.2) is 97.1 Å². The summed E-state index contributed by atoms with van der Waals surface area (Å²) in [5, 5.41) is 0. The molecule has 0 spiro atoms. The molecule has 0 unspecified atom stereocenters. The van der Waals surface area contributed by atoms with E-state index in [4.69, 9.17) is 0 Å². The summed E-state index contributed by atoms with van der Waals surface area (Å²) in [4.78, 5) is 2.50. The topological polar surface area (TPSA) is 3.24 Å². The van der Waals surface area contributed by atoms with Gasteiger partial charge in [-0.2, -0.15) is 0 Å². The molecule has 0 aromatic heterocycles. The van der Waals surface area contributed by atoms with Gasteiger partial charge >= 0.3 is 0 Å². The maximum Gasteiger partial charge on any atom is 0.0260 e. The molecule has 0 aliphatic heterocycles. The van der Waals surface area contributed by atoms with E-state index in [1.54, 1.807) is 0 Å². The van der Waals surface area contributed by atoms with E-state index in [-0.39, 0.29) is 0 Å². The SMILES string of the molecule is C[C@@H](/C=C\c1ccccc1)N(Cc1ccccc1)Cc1ccccc1. The average molecular weight is 327 g/mol. The van der Waals surface area contributed by atoms with Crippen molar-refractivity contribution in [1.82, 2.24) is 4.90 Å². The zero-order valence-electron chi connectivity index (χ0n) is 14.8. The van der Waals surface area contributed by atoms with Crippen LogP contribution in [0.25, 0.3) is 6.08 Å². The van der Waals surface area contributed by atoms with E-state index in [1.807, 2.05) is 0 Å². The summed E-state index contributed by atoms with van der Waals surface area (Å²) < 4.78 is 0. The third-order valence-electron chi connectivity index (χ3n) is 4.40. The molecular formula is C24H25N. The molecule has 0 radical (unpaired) electrons. The minimum absolute atomic E-state index is 0.348. The molecule has 25 heavy (non-hydrogen) atoms. The summed E-state index contributed by atoms with van der Waals surface area (Å²) in [7, 11) is 0. The van der Waals surface area contributed by atoms with Gasteiger partial charge in [0.25, 0.3) is 0 Å². The van der Waals surface area contributed by atoms with Gasteiger partial charge in [0.15, 0.2) is 0 Å². The molecule has 3 rings (SSSR count). The molecule has 0 saturated carbocycles. The highest BCUT2D eigenvalue weighted by Crippen LogP contribution is 2.15. The molecule has 0 N–H and O–H groups in total. The van der Waals surface area contributed by atoms with Gasteiger partial charge in [0, 0.05) is 19.1 Å². The predicted octanol–water partition coefficient (Wildman–Crippen LogP) is 5.79. The van der Waals surface area contributed by atoms with Gasteiger partial charge in [-0.05, 0) is 23.6 Å². The van der Waals surface area contributed by atoms with Crippen LogP contribution in [0.2, 0.25) is 0 Å². The fourth-order valence-corrected chi connectivity index (χ4v) is 2.92. The van der Waals surface area contributed by atoms with Crippen LogP contribution in [0.1, 0.15) is 23.6 Å². The van der Waals surface area contributed by atoms with Crippen LogP contribution >= 0.6 is 0 Å². The summed E-state index contributed by atoms with van der Waals surface area (Å²) in [6, 6.07) is 32.2. The molecule has 0 bridgehead atoms. The lowest BCUT2D eigenvalue weighted by atomic mass is 10.1. The Balaban J connectivity index is 1.75. The highest BCUT2D eigenvalue weighted by Gasteiger charge is 2.12. The summed E-state index contributed by atoms with van der Waals surface area (Å²) in [5.74, 6) is 0. The Hall–Kier alpha value is -2.64. The first-order chi connectivity index (χ1) is 12.3. The van der Waals surface area contributed by atoms with E-state index >= 15 is 0 Å². The maximum absolute atomic E-state index is 2.50. The van der Waals surface area contributed by atoms with Crippen molar-refractivity contribution in [2.75, 3.05) is 0 Å². The summed E-state index contributed by atoms with van der Waals surface area (Å²) in [5.41, 5.74) is 3.94. The van der Waals surface area contributed by atoms with Gasteiger partial charge in [-0.3, -0.25) is 4.90 Å². The Morgan fingerprint density at radius 3 is 1.60 bits per heavy atom. The minimum atomic E-state index is 0.348. The first-order valence-corrected chi connectivity index (χ1v) is 8.86. The number of benzene rings is 3. The lowest BCUT2D eigenvalue weighted by molar-refractivity contribution is 0.223. The molecule has 0 aliphatic rings. The Morgan fingerprint density at radius 1 is 0.680 bits per heavy atom. The van der Waals surface area contributed by atoms with Crippen molar-refractivity contribution in [2.45, 2.75) is 26.1 Å². The van der Waals surface area contributed by atoms with Crippen LogP contribution in [-0.2, 0) is 13.1 Å². The monoisotopic (exact) mass is 327 g/mol. The molecule has 0 saturated heterocycles. The minimum Gasteiger partial charge on any atom is -0.289 e. The second-order valence-corrected chi connectivity index (χ2v) is 6.39. The van der Waals surface area contributed by atoms with Gasteiger partial charge in [-0.1, -0.05) is 103 Å². The van der Waals surface area contributed by atoms with E-state index in [0.29, 0.717) is 6.04 Å². The fraction of sp³-hybridized carbons (Fsp3) is 0.167. The van der Waals surface area contributed by atoms with Gasteiger partial charge < -0.3 is 0 Å². The Bertz CT molecular complexity index is 721. The van der Waals surface area contributed by atoms with E-state index in [9.17, 15) is 0 Å². The molecule has 126 valence electrons. The quantitative estimate of drug-likeness (QED) is 0.531. The van der Waals surface area contributed by atoms with Gasteiger partial charge in [0.05, 0.1) is 0 Å². The number of nitrogens with zero attached hydrogens (tertiary/aromatic N) is 1. The predicted molar refractivity (Wildman–Crippen MR) is 107 cm³/mol. The fourth-order valence-electron chi connectivity index (χ4n) is 2.92. The Kier molecular flexibility index (Phi) is 6.19. The molecule has 1 heteroatoms. The zero-order chi connectivity index (χ0) is 17.3. The van der Waals surface area contributed by atoms with Crippen LogP contribution < -0.4 is 0 Å². The van der Waals surface area contributed by atoms with Gasteiger partial charge in [0.2, 0.25) is 0 Å². The van der Waals surface area contributed by atoms with Crippen molar-refractivity contribution in [3.8, 4) is 0 Å². The highest BCUT2D eigenvalue weighted by molar-refractivity contribution is 5.49. The third-order valence-corrected chi connectivity index (χ3v) is 4.40. The van der Waals surface area contributed by atoms with Crippen molar-refractivity contribution in [3.05, 3.63) is 114 Å². The van der Waals surface area contributed by atoms with Crippen molar-refractivity contribution >= 4 is 6.08 Å². The van der Waals surface area contributed by atoms with Crippen LogP contribution in [0.3, 0.4) is 0 Å².